The Morgan fingerprint density at radius 2 is 1.64 bits per heavy atom. The van der Waals surface area contributed by atoms with Crippen molar-refractivity contribution < 1.29 is 9.59 Å². The molecular formula is C18H12BrClN2O2S. The van der Waals surface area contributed by atoms with E-state index in [1.165, 1.54) is 11.3 Å². The van der Waals surface area contributed by atoms with Gasteiger partial charge in [0, 0.05) is 15.2 Å². The summed E-state index contributed by atoms with van der Waals surface area (Å²) >= 11 is 10.5. The van der Waals surface area contributed by atoms with E-state index in [2.05, 4.69) is 26.6 Å². The van der Waals surface area contributed by atoms with Crippen LogP contribution in [0.2, 0.25) is 5.02 Å². The molecule has 126 valence electrons. The van der Waals surface area contributed by atoms with Crippen molar-refractivity contribution in [2.45, 2.75) is 0 Å². The SMILES string of the molecule is O=C(Nc1ccc(Cl)cc1)c1ccccc1NC(=O)c1sccc1Br. The topological polar surface area (TPSA) is 58.2 Å². The highest BCUT2D eigenvalue weighted by Crippen LogP contribution is 2.25. The third kappa shape index (κ3) is 4.28. The number of hydrogen-bond donors (Lipinski definition) is 2. The second-order valence-corrected chi connectivity index (χ2v) is 7.27. The molecule has 1 heterocycles. The third-order valence-corrected chi connectivity index (χ3v) is 5.43. The predicted octanol–water partition coefficient (Wildman–Crippen LogP) is 5.67. The zero-order valence-electron chi connectivity index (χ0n) is 12.8. The second-order valence-electron chi connectivity index (χ2n) is 5.06. The fourth-order valence-electron chi connectivity index (χ4n) is 2.16. The zero-order valence-corrected chi connectivity index (χ0v) is 15.9. The molecule has 1 aromatic heterocycles. The van der Waals surface area contributed by atoms with Gasteiger partial charge in [-0.05, 0) is 63.8 Å². The second kappa shape index (κ2) is 7.82. The molecule has 3 aromatic rings. The van der Waals surface area contributed by atoms with Crippen LogP contribution in [0.5, 0.6) is 0 Å². The average molecular weight is 436 g/mol. The lowest BCUT2D eigenvalue weighted by molar-refractivity contribution is 0.102. The first-order valence-corrected chi connectivity index (χ1v) is 9.30. The number of anilines is 2. The fourth-order valence-corrected chi connectivity index (χ4v) is 3.73. The summed E-state index contributed by atoms with van der Waals surface area (Å²) in [7, 11) is 0. The summed E-state index contributed by atoms with van der Waals surface area (Å²) in [6.07, 6.45) is 0. The lowest BCUT2D eigenvalue weighted by Crippen LogP contribution is -2.17. The normalized spacial score (nSPS) is 10.3. The van der Waals surface area contributed by atoms with Crippen LogP contribution in [-0.2, 0) is 0 Å². The smallest absolute Gasteiger partial charge is 0.266 e. The van der Waals surface area contributed by atoms with Gasteiger partial charge in [-0.3, -0.25) is 9.59 Å². The van der Waals surface area contributed by atoms with Crippen molar-refractivity contribution in [3.8, 4) is 0 Å². The lowest BCUT2D eigenvalue weighted by atomic mass is 10.1. The van der Waals surface area contributed by atoms with E-state index in [0.29, 0.717) is 26.8 Å². The first kappa shape index (κ1) is 17.7. The van der Waals surface area contributed by atoms with Crippen LogP contribution in [-0.4, -0.2) is 11.8 Å². The molecule has 0 fully saturated rings. The van der Waals surface area contributed by atoms with Crippen LogP contribution in [0, 0.1) is 0 Å². The molecule has 0 aliphatic heterocycles. The Hall–Kier alpha value is -2.15. The van der Waals surface area contributed by atoms with E-state index < -0.39 is 0 Å². The molecular weight excluding hydrogens is 424 g/mol. The summed E-state index contributed by atoms with van der Waals surface area (Å²) in [4.78, 5) is 25.5. The summed E-state index contributed by atoms with van der Waals surface area (Å²) in [6.45, 7) is 0. The molecule has 2 amide bonds. The first-order valence-electron chi connectivity index (χ1n) is 7.25. The number of para-hydroxylation sites is 1. The van der Waals surface area contributed by atoms with Crippen molar-refractivity contribution in [3.63, 3.8) is 0 Å². The average Bonchev–Trinajstić information content (AvgIpc) is 3.03. The Morgan fingerprint density at radius 3 is 2.32 bits per heavy atom. The molecule has 2 N–H and O–H groups in total. The minimum atomic E-state index is -0.316. The van der Waals surface area contributed by atoms with Gasteiger partial charge in [-0.1, -0.05) is 23.7 Å². The van der Waals surface area contributed by atoms with Gasteiger partial charge >= 0.3 is 0 Å². The highest BCUT2D eigenvalue weighted by atomic mass is 79.9. The van der Waals surface area contributed by atoms with Crippen molar-refractivity contribution in [2.24, 2.45) is 0 Å². The fraction of sp³-hybridized carbons (Fsp3) is 0. The maximum absolute atomic E-state index is 12.6. The summed E-state index contributed by atoms with van der Waals surface area (Å²) in [5.74, 6) is -0.586. The summed E-state index contributed by atoms with van der Waals surface area (Å²) in [6, 6.07) is 15.5. The van der Waals surface area contributed by atoms with Crippen LogP contribution in [0.4, 0.5) is 11.4 Å². The van der Waals surface area contributed by atoms with Crippen LogP contribution < -0.4 is 10.6 Å². The van der Waals surface area contributed by atoms with E-state index in [0.717, 1.165) is 4.47 Å². The molecule has 0 saturated heterocycles. The number of amides is 2. The van der Waals surface area contributed by atoms with Crippen molar-refractivity contribution in [2.75, 3.05) is 10.6 Å². The van der Waals surface area contributed by atoms with Crippen molar-refractivity contribution in [3.05, 3.63) is 79.9 Å². The molecule has 7 heteroatoms. The van der Waals surface area contributed by atoms with Crippen LogP contribution >= 0.6 is 38.9 Å². The third-order valence-electron chi connectivity index (χ3n) is 3.35. The molecule has 0 aliphatic rings. The predicted molar refractivity (Wildman–Crippen MR) is 106 cm³/mol. The Kier molecular flexibility index (Phi) is 5.53. The van der Waals surface area contributed by atoms with Gasteiger partial charge in [0.15, 0.2) is 0 Å². The summed E-state index contributed by atoms with van der Waals surface area (Å²) < 4.78 is 0.720. The number of hydrogen-bond acceptors (Lipinski definition) is 3. The number of nitrogens with one attached hydrogen (secondary N) is 2. The Labute approximate surface area is 162 Å². The molecule has 25 heavy (non-hydrogen) atoms. The first-order chi connectivity index (χ1) is 12.0. The Morgan fingerprint density at radius 1 is 0.920 bits per heavy atom. The molecule has 0 unspecified atom stereocenters. The van der Waals surface area contributed by atoms with Crippen molar-refractivity contribution >= 4 is 62.1 Å². The van der Waals surface area contributed by atoms with Gasteiger partial charge in [0.1, 0.15) is 4.88 Å². The Balaban J connectivity index is 1.80. The van der Waals surface area contributed by atoms with Crippen LogP contribution in [0.25, 0.3) is 0 Å². The van der Waals surface area contributed by atoms with Crippen LogP contribution in [0.3, 0.4) is 0 Å². The molecule has 0 atom stereocenters. The summed E-state index contributed by atoms with van der Waals surface area (Å²) in [5.41, 5.74) is 1.44. The maximum atomic E-state index is 12.6. The van der Waals surface area contributed by atoms with Gasteiger partial charge in [-0.25, -0.2) is 0 Å². The number of carbonyl (C=O) groups excluding carboxylic acids is 2. The standard InChI is InChI=1S/C18H12BrClN2O2S/c19-14-9-10-25-16(14)18(24)22-15-4-2-1-3-13(15)17(23)21-12-7-5-11(20)6-8-12/h1-10H,(H,21,23)(H,22,24). The number of halogens is 2. The van der Waals surface area contributed by atoms with E-state index in [1.54, 1.807) is 54.6 Å². The highest BCUT2D eigenvalue weighted by molar-refractivity contribution is 9.10. The molecule has 0 spiro atoms. The van der Waals surface area contributed by atoms with E-state index in [1.807, 2.05) is 5.38 Å². The molecule has 2 aromatic carbocycles. The van der Waals surface area contributed by atoms with Gasteiger partial charge in [-0.15, -0.1) is 11.3 Å². The van der Waals surface area contributed by atoms with E-state index in [-0.39, 0.29) is 11.8 Å². The minimum absolute atomic E-state index is 0.270. The van der Waals surface area contributed by atoms with Gasteiger partial charge in [0.2, 0.25) is 0 Å². The summed E-state index contributed by atoms with van der Waals surface area (Å²) in [5, 5.41) is 7.99. The molecule has 0 radical (unpaired) electrons. The zero-order chi connectivity index (χ0) is 17.8. The molecule has 0 bridgehead atoms. The number of thiophene rings is 1. The maximum Gasteiger partial charge on any atom is 0.266 e. The molecule has 4 nitrogen and oxygen atoms in total. The minimum Gasteiger partial charge on any atom is -0.322 e. The van der Waals surface area contributed by atoms with Crippen molar-refractivity contribution in [1.29, 1.82) is 0 Å². The quantitative estimate of drug-likeness (QED) is 0.555. The van der Waals surface area contributed by atoms with Gasteiger partial charge < -0.3 is 10.6 Å². The van der Waals surface area contributed by atoms with Crippen LogP contribution in [0.1, 0.15) is 20.0 Å². The monoisotopic (exact) mass is 434 g/mol. The van der Waals surface area contributed by atoms with E-state index in [9.17, 15) is 9.59 Å². The number of carbonyl (C=O) groups is 2. The van der Waals surface area contributed by atoms with Gasteiger partial charge in [0.05, 0.1) is 11.3 Å². The van der Waals surface area contributed by atoms with Gasteiger partial charge in [-0.2, -0.15) is 0 Å². The van der Waals surface area contributed by atoms with Crippen molar-refractivity contribution in [1.82, 2.24) is 0 Å². The lowest BCUT2D eigenvalue weighted by Gasteiger charge is -2.11. The van der Waals surface area contributed by atoms with E-state index in [4.69, 9.17) is 11.6 Å². The molecule has 0 aliphatic carbocycles. The largest absolute Gasteiger partial charge is 0.322 e. The molecule has 0 saturated carbocycles. The Bertz CT molecular complexity index is 925. The van der Waals surface area contributed by atoms with Gasteiger partial charge in [0.25, 0.3) is 11.8 Å². The highest BCUT2D eigenvalue weighted by Gasteiger charge is 2.16. The number of benzene rings is 2. The number of rotatable bonds is 4. The van der Waals surface area contributed by atoms with Crippen LogP contribution in [0.15, 0.2) is 64.5 Å². The molecule has 3 rings (SSSR count). The van der Waals surface area contributed by atoms with E-state index >= 15 is 0 Å².